The summed E-state index contributed by atoms with van der Waals surface area (Å²) in [7, 11) is 1.90. The van der Waals surface area contributed by atoms with Crippen LogP contribution in [-0.4, -0.2) is 38.5 Å². The molecule has 0 aromatic heterocycles. The molecule has 5 heteroatoms. The highest BCUT2D eigenvalue weighted by Gasteiger charge is 2.02. The molecule has 0 fully saturated rings. The zero-order valence-corrected chi connectivity index (χ0v) is 9.56. The molecule has 0 aliphatic carbocycles. The summed E-state index contributed by atoms with van der Waals surface area (Å²) >= 11 is 0. The fraction of sp³-hybridized carbons (Fsp3) is 0.800. The minimum absolute atomic E-state index is 0.0820. The number of rotatable bonds is 8. The van der Waals surface area contributed by atoms with E-state index < -0.39 is 0 Å². The van der Waals surface area contributed by atoms with Gasteiger partial charge in [0.1, 0.15) is 0 Å². The molecular formula is C10H21N3O2. The van der Waals surface area contributed by atoms with Crippen molar-refractivity contribution in [2.24, 2.45) is 0 Å². The van der Waals surface area contributed by atoms with Crippen molar-refractivity contribution in [3.63, 3.8) is 0 Å². The molecule has 0 atom stereocenters. The van der Waals surface area contributed by atoms with Crippen LogP contribution in [0, 0.1) is 0 Å². The second-order valence-electron chi connectivity index (χ2n) is 3.29. The van der Waals surface area contributed by atoms with Gasteiger partial charge >= 0.3 is 0 Å². The summed E-state index contributed by atoms with van der Waals surface area (Å²) in [5.74, 6) is -0.221. The van der Waals surface area contributed by atoms with Gasteiger partial charge in [0.15, 0.2) is 0 Å². The van der Waals surface area contributed by atoms with Gasteiger partial charge in [-0.1, -0.05) is 6.92 Å². The molecule has 15 heavy (non-hydrogen) atoms. The van der Waals surface area contributed by atoms with Crippen LogP contribution in [-0.2, 0) is 9.59 Å². The van der Waals surface area contributed by atoms with Crippen LogP contribution in [0.3, 0.4) is 0 Å². The molecule has 0 aliphatic rings. The Morgan fingerprint density at radius 2 is 1.67 bits per heavy atom. The first-order valence-electron chi connectivity index (χ1n) is 5.38. The van der Waals surface area contributed by atoms with Crippen LogP contribution in [0.2, 0.25) is 0 Å². The van der Waals surface area contributed by atoms with Crippen molar-refractivity contribution in [1.29, 1.82) is 0 Å². The summed E-state index contributed by atoms with van der Waals surface area (Å²) in [6.45, 7) is 3.47. The number of carbonyl (C=O) groups excluding carboxylic acids is 2. The van der Waals surface area contributed by atoms with E-state index in [0.717, 1.165) is 19.4 Å². The van der Waals surface area contributed by atoms with Gasteiger partial charge in [-0.3, -0.25) is 9.59 Å². The summed E-state index contributed by atoms with van der Waals surface area (Å²) in [6.07, 6.45) is 2.40. The largest absolute Gasteiger partial charge is 0.355 e. The summed E-state index contributed by atoms with van der Waals surface area (Å²) < 4.78 is 0. The molecular weight excluding hydrogens is 194 g/mol. The molecule has 0 aromatic rings. The number of hydrogen-bond acceptors (Lipinski definition) is 3. The Labute approximate surface area is 91.0 Å². The minimum Gasteiger partial charge on any atom is -0.355 e. The standard InChI is InChI=1S/C10H21N3O2/c1-3-9(14)13-8-10(15)12-7-5-4-6-11-2/h11H,3-8H2,1-2H3,(H,12,15)(H,13,14). The van der Waals surface area contributed by atoms with E-state index in [9.17, 15) is 9.59 Å². The molecule has 0 saturated carbocycles. The van der Waals surface area contributed by atoms with Crippen LogP contribution in [0.4, 0.5) is 0 Å². The van der Waals surface area contributed by atoms with Crippen molar-refractivity contribution in [2.75, 3.05) is 26.7 Å². The summed E-state index contributed by atoms with van der Waals surface area (Å²) in [5.41, 5.74) is 0. The maximum absolute atomic E-state index is 11.2. The molecule has 0 rings (SSSR count). The van der Waals surface area contributed by atoms with Crippen molar-refractivity contribution in [3.8, 4) is 0 Å². The number of amides is 2. The molecule has 2 amide bonds. The molecule has 0 saturated heterocycles. The lowest BCUT2D eigenvalue weighted by atomic mass is 10.3. The lowest BCUT2D eigenvalue weighted by molar-refractivity contribution is -0.125. The van der Waals surface area contributed by atoms with Crippen LogP contribution in [0.25, 0.3) is 0 Å². The zero-order valence-electron chi connectivity index (χ0n) is 9.56. The Kier molecular flexibility index (Phi) is 8.76. The molecule has 0 aliphatic heterocycles. The average Bonchev–Trinajstić information content (AvgIpc) is 2.25. The van der Waals surface area contributed by atoms with E-state index in [1.54, 1.807) is 6.92 Å². The molecule has 5 nitrogen and oxygen atoms in total. The van der Waals surface area contributed by atoms with Gasteiger partial charge in [-0.25, -0.2) is 0 Å². The SMILES string of the molecule is CCC(=O)NCC(=O)NCCCCNC. The number of nitrogens with one attached hydrogen (secondary N) is 3. The third-order valence-electron chi connectivity index (χ3n) is 1.94. The zero-order chi connectivity index (χ0) is 11.5. The maximum Gasteiger partial charge on any atom is 0.239 e. The number of hydrogen-bond donors (Lipinski definition) is 3. The lowest BCUT2D eigenvalue weighted by Gasteiger charge is -2.05. The van der Waals surface area contributed by atoms with Crippen molar-refractivity contribution in [2.45, 2.75) is 26.2 Å². The quantitative estimate of drug-likeness (QED) is 0.484. The minimum atomic E-state index is -0.124. The Morgan fingerprint density at radius 3 is 2.27 bits per heavy atom. The van der Waals surface area contributed by atoms with Crippen LogP contribution < -0.4 is 16.0 Å². The van der Waals surface area contributed by atoms with Crippen LogP contribution in [0.5, 0.6) is 0 Å². The van der Waals surface area contributed by atoms with Gasteiger partial charge < -0.3 is 16.0 Å². The lowest BCUT2D eigenvalue weighted by Crippen LogP contribution is -2.37. The predicted molar refractivity (Wildman–Crippen MR) is 59.5 cm³/mol. The summed E-state index contributed by atoms with van der Waals surface area (Å²) in [4.78, 5) is 22.0. The topological polar surface area (TPSA) is 70.2 Å². The predicted octanol–water partition coefficient (Wildman–Crippen LogP) is -0.372. The molecule has 0 aromatic carbocycles. The van der Waals surface area contributed by atoms with Gasteiger partial charge in [-0.15, -0.1) is 0 Å². The first-order valence-corrected chi connectivity index (χ1v) is 5.38. The Hall–Kier alpha value is -1.10. The fourth-order valence-electron chi connectivity index (χ4n) is 1.02. The summed E-state index contributed by atoms with van der Waals surface area (Å²) in [5, 5.41) is 8.29. The normalized spacial score (nSPS) is 9.73. The Bertz CT molecular complexity index is 195. The monoisotopic (exact) mass is 215 g/mol. The first-order chi connectivity index (χ1) is 7.20. The van der Waals surface area contributed by atoms with E-state index in [4.69, 9.17) is 0 Å². The van der Waals surface area contributed by atoms with Crippen LogP contribution in [0.1, 0.15) is 26.2 Å². The highest BCUT2D eigenvalue weighted by molar-refractivity contribution is 5.84. The van der Waals surface area contributed by atoms with Gasteiger partial charge in [0.05, 0.1) is 6.54 Å². The van der Waals surface area contributed by atoms with Gasteiger partial charge in [0.2, 0.25) is 11.8 Å². The molecule has 0 bridgehead atoms. The molecule has 3 N–H and O–H groups in total. The Morgan fingerprint density at radius 1 is 1.00 bits per heavy atom. The highest BCUT2D eigenvalue weighted by atomic mass is 16.2. The van der Waals surface area contributed by atoms with Gasteiger partial charge in [-0.2, -0.15) is 0 Å². The third kappa shape index (κ3) is 9.21. The van der Waals surface area contributed by atoms with Gasteiger partial charge in [0.25, 0.3) is 0 Å². The molecule has 0 radical (unpaired) electrons. The van der Waals surface area contributed by atoms with E-state index in [1.807, 2.05) is 7.05 Å². The van der Waals surface area contributed by atoms with Crippen molar-refractivity contribution >= 4 is 11.8 Å². The van der Waals surface area contributed by atoms with E-state index in [2.05, 4.69) is 16.0 Å². The number of unbranched alkanes of at least 4 members (excludes halogenated alkanes) is 1. The smallest absolute Gasteiger partial charge is 0.239 e. The fourth-order valence-corrected chi connectivity index (χ4v) is 1.02. The average molecular weight is 215 g/mol. The van der Waals surface area contributed by atoms with Gasteiger partial charge in [-0.05, 0) is 26.4 Å². The summed E-state index contributed by atoms with van der Waals surface area (Å²) in [6, 6.07) is 0. The molecule has 0 unspecified atom stereocenters. The van der Waals surface area contributed by atoms with E-state index in [-0.39, 0.29) is 18.4 Å². The molecule has 0 heterocycles. The van der Waals surface area contributed by atoms with E-state index in [0.29, 0.717) is 13.0 Å². The Balaban J connectivity index is 3.30. The highest BCUT2D eigenvalue weighted by Crippen LogP contribution is 1.83. The third-order valence-corrected chi connectivity index (χ3v) is 1.94. The number of carbonyl (C=O) groups is 2. The molecule has 0 spiro atoms. The van der Waals surface area contributed by atoms with E-state index >= 15 is 0 Å². The molecule has 88 valence electrons. The van der Waals surface area contributed by atoms with Crippen LogP contribution >= 0.6 is 0 Å². The van der Waals surface area contributed by atoms with Crippen molar-refractivity contribution in [1.82, 2.24) is 16.0 Å². The first kappa shape index (κ1) is 13.9. The van der Waals surface area contributed by atoms with Crippen molar-refractivity contribution in [3.05, 3.63) is 0 Å². The van der Waals surface area contributed by atoms with Crippen molar-refractivity contribution < 1.29 is 9.59 Å². The van der Waals surface area contributed by atoms with Crippen LogP contribution in [0.15, 0.2) is 0 Å². The van der Waals surface area contributed by atoms with Gasteiger partial charge in [0, 0.05) is 13.0 Å². The van der Waals surface area contributed by atoms with E-state index in [1.165, 1.54) is 0 Å². The second-order valence-corrected chi connectivity index (χ2v) is 3.29. The maximum atomic E-state index is 11.2. The second kappa shape index (κ2) is 9.45.